The molecule has 0 spiro atoms. The summed E-state index contributed by atoms with van der Waals surface area (Å²) in [4.78, 5) is 35.5. The lowest BCUT2D eigenvalue weighted by molar-refractivity contribution is -0.145. The molecule has 0 fully saturated rings. The Morgan fingerprint density at radius 2 is 1.59 bits per heavy atom. The largest absolute Gasteiger partial charge is 0.480 e. The van der Waals surface area contributed by atoms with E-state index in [4.69, 9.17) is 4.74 Å². The van der Waals surface area contributed by atoms with Crippen LogP contribution in [0.1, 0.15) is 30.6 Å². The molecule has 2 aromatic carbocycles. The molecule has 0 aliphatic rings. The number of hydrogen-bond acceptors (Lipinski definition) is 4. The van der Waals surface area contributed by atoms with E-state index in [-0.39, 0.29) is 13.0 Å². The van der Waals surface area contributed by atoms with Crippen LogP contribution in [0.5, 0.6) is 0 Å². The van der Waals surface area contributed by atoms with Crippen LogP contribution in [0, 0.1) is 5.92 Å². The minimum absolute atomic E-state index is 0.0853. The van der Waals surface area contributed by atoms with Gasteiger partial charge in [0.05, 0.1) is 13.0 Å². The number of carbonyl (C=O) groups excluding carboxylic acids is 2. The fourth-order valence-corrected chi connectivity index (χ4v) is 2.72. The van der Waals surface area contributed by atoms with Crippen LogP contribution in [0.4, 0.5) is 0 Å². The van der Waals surface area contributed by atoms with Crippen molar-refractivity contribution in [1.82, 2.24) is 5.32 Å². The summed E-state index contributed by atoms with van der Waals surface area (Å²) < 4.78 is 4.84. The minimum atomic E-state index is -1.19. The van der Waals surface area contributed by atoms with Gasteiger partial charge in [-0.1, -0.05) is 49.4 Å². The highest BCUT2D eigenvalue weighted by atomic mass is 16.5. The van der Waals surface area contributed by atoms with Gasteiger partial charge in [0.15, 0.2) is 0 Å². The molecule has 2 N–H and O–H groups in total. The lowest BCUT2D eigenvalue weighted by atomic mass is 9.97. The van der Waals surface area contributed by atoms with Gasteiger partial charge in [-0.2, -0.15) is 0 Å². The third kappa shape index (κ3) is 5.67. The fraction of sp³-hybridized carbons (Fsp3) is 0.286. The highest BCUT2D eigenvalue weighted by Crippen LogP contribution is 2.19. The standard InChI is InChI=1S/C21H23NO5/c1-3-27-18(23)13-14(2)19(21(25)26)22-20(24)17-11-9-16(10-12-17)15-7-5-4-6-8-15/h4-12,14,19H,3,13H2,1-2H3,(H,22,24)(H,25,26)/t14-,19-/m0/s1. The van der Waals surface area contributed by atoms with E-state index in [0.29, 0.717) is 5.56 Å². The van der Waals surface area contributed by atoms with Gasteiger partial charge in [0.2, 0.25) is 0 Å². The van der Waals surface area contributed by atoms with Crippen molar-refractivity contribution in [3.05, 3.63) is 60.2 Å². The molecule has 6 nitrogen and oxygen atoms in total. The molecule has 0 aliphatic carbocycles. The maximum absolute atomic E-state index is 12.4. The van der Waals surface area contributed by atoms with Crippen molar-refractivity contribution in [2.24, 2.45) is 5.92 Å². The van der Waals surface area contributed by atoms with Crippen LogP contribution in [-0.2, 0) is 14.3 Å². The molecule has 27 heavy (non-hydrogen) atoms. The van der Waals surface area contributed by atoms with E-state index < -0.39 is 29.8 Å². The van der Waals surface area contributed by atoms with Crippen molar-refractivity contribution in [1.29, 1.82) is 0 Å². The summed E-state index contributed by atoms with van der Waals surface area (Å²) in [6.45, 7) is 3.50. The van der Waals surface area contributed by atoms with E-state index in [0.717, 1.165) is 11.1 Å². The number of aliphatic carboxylic acids is 1. The number of amides is 1. The van der Waals surface area contributed by atoms with E-state index >= 15 is 0 Å². The first kappa shape index (κ1) is 20.2. The molecular weight excluding hydrogens is 346 g/mol. The number of carboxylic acids is 1. The Morgan fingerprint density at radius 1 is 1.00 bits per heavy atom. The van der Waals surface area contributed by atoms with Crippen LogP contribution in [-0.4, -0.2) is 35.6 Å². The molecule has 142 valence electrons. The van der Waals surface area contributed by atoms with Gasteiger partial charge < -0.3 is 15.2 Å². The summed E-state index contributed by atoms with van der Waals surface area (Å²) in [5.74, 6) is -2.79. The molecule has 0 heterocycles. The van der Waals surface area contributed by atoms with Crippen molar-refractivity contribution in [2.75, 3.05) is 6.61 Å². The van der Waals surface area contributed by atoms with Crippen LogP contribution < -0.4 is 5.32 Å². The van der Waals surface area contributed by atoms with E-state index in [2.05, 4.69) is 5.32 Å². The maximum atomic E-state index is 12.4. The van der Waals surface area contributed by atoms with Gasteiger partial charge >= 0.3 is 11.9 Å². The Morgan fingerprint density at radius 3 is 2.15 bits per heavy atom. The van der Waals surface area contributed by atoms with E-state index in [1.54, 1.807) is 26.0 Å². The second-order valence-electron chi connectivity index (χ2n) is 6.22. The highest BCUT2D eigenvalue weighted by molar-refractivity contribution is 5.97. The maximum Gasteiger partial charge on any atom is 0.326 e. The van der Waals surface area contributed by atoms with Crippen LogP contribution in [0.25, 0.3) is 11.1 Å². The predicted octanol–water partition coefficient (Wildman–Crippen LogP) is 3.13. The molecule has 0 aliphatic heterocycles. The normalized spacial score (nSPS) is 12.7. The first-order valence-corrected chi connectivity index (χ1v) is 8.77. The van der Waals surface area contributed by atoms with Crippen molar-refractivity contribution in [3.8, 4) is 11.1 Å². The SMILES string of the molecule is CCOC(=O)C[C@H](C)[C@H](NC(=O)c1ccc(-c2ccccc2)cc1)C(=O)O. The lowest BCUT2D eigenvalue weighted by Crippen LogP contribution is -2.45. The van der Waals surface area contributed by atoms with Gasteiger partial charge in [0.1, 0.15) is 6.04 Å². The summed E-state index contributed by atoms with van der Waals surface area (Å²) in [7, 11) is 0. The van der Waals surface area contributed by atoms with Crippen LogP contribution in [0.3, 0.4) is 0 Å². The summed E-state index contributed by atoms with van der Waals surface area (Å²) in [5.41, 5.74) is 2.33. The summed E-state index contributed by atoms with van der Waals surface area (Å²) in [5, 5.41) is 11.9. The molecule has 0 saturated heterocycles. The monoisotopic (exact) mass is 369 g/mol. The van der Waals surface area contributed by atoms with Crippen LogP contribution >= 0.6 is 0 Å². The number of ether oxygens (including phenoxy) is 1. The number of nitrogens with one attached hydrogen (secondary N) is 1. The Bertz CT molecular complexity index is 786. The first-order chi connectivity index (χ1) is 12.9. The Labute approximate surface area is 158 Å². The van der Waals surface area contributed by atoms with Crippen LogP contribution in [0.15, 0.2) is 54.6 Å². The van der Waals surface area contributed by atoms with Gasteiger partial charge in [-0.25, -0.2) is 4.79 Å². The Kier molecular flexibility index (Phi) is 7.11. The summed E-state index contributed by atoms with van der Waals surface area (Å²) in [6, 6.07) is 15.4. The zero-order chi connectivity index (χ0) is 19.8. The van der Waals surface area contributed by atoms with Crippen LogP contribution in [0.2, 0.25) is 0 Å². The average Bonchev–Trinajstić information content (AvgIpc) is 2.66. The number of rotatable bonds is 8. The molecular formula is C21H23NO5. The average molecular weight is 369 g/mol. The quantitative estimate of drug-likeness (QED) is 0.698. The van der Waals surface area contributed by atoms with Crippen molar-refractivity contribution in [3.63, 3.8) is 0 Å². The molecule has 2 atom stereocenters. The summed E-state index contributed by atoms with van der Waals surface area (Å²) >= 11 is 0. The van der Waals surface area contributed by atoms with Crippen molar-refractivity contribution in [2.45, 2.75) is 26.3 Å². The lowest BCUT2D eigenvalue weighted by Gasteiger charge is -2.21. The van der Waals surface area contributed by atoms with Gasteiger partial charge in [-0.15, -0.1) is 0 Å². The Balaban J connectivity index is 2.06. The Hall–Kier alpha value is -3.15. The number of carbonyl (C=O) groups is 3. The zero-order valence-corrected chi connectivity index (χ0v) is 15.3. The second-order valence-corrected chi connectivity index (χ2v) is 6.22. The van der Waals surface area contributed by atoms with Gasteiger partial charge in [0, 0.05) is 5.56 Å². The zero-order valence-electron chi connectivity index (χ0n) is 15.3. The minimum Gasteiger partial charge on any atom is -0.480 e. The molecule has 0 aromatic heterocycles. The van der Waals surface area contributed by atoms with Crippen molar-refractivity contribution < 1.29 is 24.2 Å². The fourth-order valence-electron chi connectivity index (χ4n) is 2.72. The molecule has 0 unspecified atom stereocenters. The molecule has 0 bridgehead atoms. The van der Waals surface area contributed by atoms with Gasteiger partial charge in [-0.3, -0.25) is 9.59 Å². The summed E-state index contributed by atoms with van der Waals surface area (Å²) in [6.07, 6.45) is -0.0853. The molecule has 2 rings (SSSR count). The number of carboxylic acid groups (broad SMARTS) is 1. The molecule has 0 saturated carbocycles. The highest BCUT2D eigenvalue weighted by Gasteiger charge is 2.29. The topological polar surface area (TPSA) is 92.7 Å². The number of esters is 1. The van der Waals surface area contributed by atoms with E-state index in [9.17, 15) is 19.5 Å². The van der Waals surface area contributed by atoms with E-state index in [1.165, 1.54) is 0 Å². The number of hydrogen-bond donors (Lipinski definition) is 2. The smallest absolute Gasteiger partial charge is 0.326 e. The molecule has 6 heteroatoms. The molecule has 0 radical (unpaired) electrons. The second kappa shape index (κ2) is 9.52. The molecule has 2 aromatic rings. The van der Waals surface area contributed by atoms with Crippen molar-refractivity contribution >= 4 is 17.8 Å². The van der Waals surface area contributed by atoms with E-state index in [1.807, 2.05) is 42.5 Å². The van der Waals surface area contributed by atoms with Gasteiger partial charge in [0.25, 0.3) is 5.91 Å². The molecule has 1 amide bonds. The third-order valence-corrected chi connectivity index (χ3v) is 4.17. The third-order valence-electron chi connectivity index (χ3n) is 4.17. The predicted molar refractivity (Wildman–Crippen MR) is 101 cm³/mol. The first-order valence-electron chi connectivity index (χ1n) is 8.77. The number of benzene rings is 2. The van der Waals surface area contributed by atoms with Gasteiger partial charge in [-0.05, 0) is 36.1 Å².